The second kappa shape index (κ2) is 14.9. The van der Waals surface area contributed by atoms with Gasteiger partial charge in [0.2, 0.25) is 0 Å². The number of para-hydroxylation sites is 4. The van der Waals surface area contributed by atoms with Crippen molar-refractivity contribution in [2.75, 3.05) is 0 Å². The molecule has 0 aliphatic rings. The number of hydrogen-bond donors (Lipinski definition) is 0. The summed E-state index contributed by atoms with van der Waals surface area (Å²) in [4.78, 5) is 9.41. The molecule has 304 valence electrons. The van der Waals surface area contributed by atoms with Crippen LogP contribution in [0.25, 0.3) is 116 Å². The van der Waals surface area contributed by atoms with E-state index in [2.05, 4.69) is 231 Å². The van der Waals surface area contributed by atoms with Gasteiger partial charge in [0.1, 0.15) is 5.82 Å². The molecular formula is C60H39N5. The number of hydrogen-bond acceptors (Lipinski definition) is 2. The zero-order chi connectivity index (χ0) is 42.8. The zero-order valence-corrected chi connectivity index (χ0v) is 35.3. The Bertz CT molecular complexity index is 3910. The van der Waals surface area contributed by atoms with Crippen LogP contribution in [0.2, 0.25) is 0 Å². The van der Waals surface area contributed by atoms with E-state index >= 15 is 0 Å². The van der Waals surface area contributed by atoms with Gasteiger partial charge in [-0.05, 0) is 137 Å². The maximum Gasteiger partial charge on any atom is 0.145 e. The molecule has 9 aromatic carbocycles. The zero-order valence-electron chi connectivity index (χ0n) is 35.3. The Labute approximate surface area is 375 Å². The second-order valence-electron chi connectivity index (χ2n) is 16.7. The first-order valence-corrected chi connectivity index (χ1v) is 22.1. The SMILES string of the molecule is c1ccc(-c2ccc(-n3c4ccccc4c4cc(-c5ccc6c(c5)c5ccccc5n6-c5ccc(-n6c(-c7cccc(-c8ccncc8)c7)nc7ccccc76)cc5)ccc43)cc2)cc1. The van der Waals surface area contributed by atoms with Crippen molar-refractivity contribution < 1.29 is 0 Å². The summed E-state index contributed by atoms with van der Waals surface area (Å²) in [5, 5.41) is 4.93. The highest BCUT2D eigenvalue weighted by Crippen LogP contribution is 2.39. The van der Waals surface area contributed by atoms with Gasteiger partial charge in [-0.2, -0.15) is 0 Å². The maximum absolute atomic E-state index is 5.18. The highest BCUT2D eigenvalue weighted by molar-refractivity contribution is 6.12. The van der Waals surface area contributed by atoms with Crippen molar-refractivity contribution in [3.8, 4) is 61.8 Å². The molecule has 13 rings (SSSR count). The number of fused-ring (bicyclic) bond motifs is 7. The molecule has 0 amide bonds. The number of rotatable bonds is 7. The third-order valence-electron chi connectivity index (χ3n) is 13.0. The molecule has 0 aliphatic heterocycles. The first kappa shape index (κ1) is 36.8. The van der Waals surface area contributed by atoms with E-state index in [1.165, 1.54) is 65.9 Å². The van der Waals surface area contributed by atoms with Crippen LogP contribution in [-0.4, -0.2) is 23.7 Å². The summed E-state index contributed by atoms with van der Waals surface area (Å²) in [6.45, 7) is 0. The van der Waals surface area contributed by atoms with Crippen LogP contribution >= 0.6 is 0 Å². The highest BCUT2D eigenvalue weighted by Gasteiger charge is 2.19. The number of imidazole rings is 1. The Balaban J connectivity index is 0.888. The molecular weight excluding hydrogens is 791 g/mol. The predicted octanol–water partition coefficient (Wildman–Crippen LogP) is 15.3. The van der Waals surface area contributed by atoms with Crippen LogP contribution < -0.4 is 0 Å². The van der Waals surface area contributed by atoms with Crippen LogP contribution in [0.1, 0.15) is 0 Å². The smallest absolute Gasteiger partial charge is 0.145 e. The van der Waals surface area contributed by atoms with Crippen molar-refractivity contribution in [1.82, 2.24) is 23.7 Å². The standard InChI is InChI=1S/C60H39N5/c1-2-11-40(12-3-1)41-21-25-47(26-22-41)63-55-18-7-4-15-50(55)52-38-44(23-31-57(52)63)45-24-32-58-53(39-45)51-16-5-8-19-56(51)64(58)48-27-29-49(30-28-48)65-59-20-9-6-17-54(59)62-60(65)46-14-10-13-43(37-46)42-33-35-61-36-34-42/h1-39H. The molecule has 4 heterocycles. The molecule has 65 heavy (non-hydrogen) atoms. The van der Waals surface area contributed by atoms with Gasteiger partial charge in [-0.25, -0.2) is 4.98 Å². The summed E-state index contributed by atoms with van der Waals surface area (Å²) in [6.07, 6.45) is 3.67. The average Bonchev–Trinajstić information content (AvgIpc) is 4.05. The van der Waals surface area contributed by atoms with E-state index < -0.39 is 0 Å². The molecule has 0 bridgehead atoms. The summed E-state index contributed by atoms with van der Waals surface area (Å²) >= 11 is 0. The maximum atomic E-state index is 5.18. The third-order valence-corrected chi connectivity index (χ3v) is 13.0. The summed E-state index contributed by atoms with van der Waals surface area (Å²) in [5.74, 6) is 0.902. The monoisotopic (exact) mass is 829 g/mol. The molecule has 0 atom stereocenters. The Morgan fingerprint density at radius 1 is 0.262 bits per heavy atom. The largest absolute Gasteiger partial charge is 0.309 e. The molecule has 0 fully saturated rings. The van der Waals surface area contributed by atoms with Crippen LogP contribution in [0.3, 0.4) is 0 Å². The van der Waals surface area contributed by atoms with Crippen LogP contribution in [0.4, 0.5) is 0 Å². The topological polar surface area (TPSA) is 40.6 Å². The molecule has 0 spiro atoms. The molecule has 0 radical (unpaired) electrons. The highest BCUT2D eigenvalue weighted by atomic mass is 15.1. The van der Waals surface area contributed by atoms with Crippen molar-refractivity contribution >= 4 is 54.6 Å². The average molecular weight is 830 g/mol. The molecule has 5 nitrogen and oxygen atoms in total. The Morgan fingerprint density at radius 2 is 0.692 bits per heavy atom. The molecule has 13 aromatic rings. The van der Waals surface area contributed by atoms with E-state index in [-0.39, 0.29) is 0 Å². The number of nitrogens with zero attached hydrogens (tertiary/aromatic N) is 5. The number of pyridine rings is 1. The molecule has 0 unspecified atom stereocenters. The van der Waals surface area contributed by atoms with E-state index in [0.717, 1.165) is 50.6 Å². The van der Waals surface area contributed by atoms with Gasteiger partial charge < -0.3 is 9.13 Å². The summed E-state index contributed by atoms with van der Waals surface area (Å²) in [6, 6.07) is 80.9. The molecule has 0 aliphatic carbocycles. The lowest BCUT2D eigenvalue weighted by Gasteiger charge is -2.13. The first-order valence-electron chi connectivity index (χ1n) is 22.1. The third kappa shape index (κ3) is 6.09. The minimum atomic E-state index is 0.902. The fourth-order valence-electron chi connectivity index (χ4n) is 9.91. The molecule has 4 aromatic heterocycles. The van der Waals surface area contributed by atoms with E-state index in [4.69, 9.17) is 4.98 Å². The van der Waals surface area contributed by atoms with Crippen molar-refractivity contribution in [2.24, 2.45) is 0 Å². The normalized spacial score (nSPS) is 11.7. The lowest BCUT2D eigenvalue weighted by atomic mass is 10.0. The van der Waals surface area contributed by atoms with Crippen LogP contribution in [0.5, 0.6) is 0 Å². The Morgan fingerprint density at radius 3 is 1.32 bits per heavy atom. The van der Waals surface area contributed by atoms with E-state index in [1.807, 2.05) is 24.5 Å². The quantitative estimate of drug-likeness (QED) is 0.161. The molecule has 0 saturated heterocycles. The van der Waals surface area contributed by atoms with Crippen molar-refractivity contribution in [2.45, 2.75) is 0 Å². The van der Waals surface area contributed by atoms with Gasteiger partial charge in [0.25, 0.3) is 0 Å². The van der Waals surface area contributed by atoms with Gasteiger partial charge in [0, 0.05) is 56.6 Å². The molecule has 5 heteroatoms. The number of aromatic nitrogens is 5. The minimum absolute atomic E-state index is 0.902. The lowest BCUT2D eigenvalue weighted by molar-refractivity contribution is 1.09. The van der Waals surface area contributed by atoms with Crippen LogP contribution in [0, 0.1) is 0 Å². The van der Waals surface area contributed by atoms with Gasteiger partial charge >= 0.3 is 0 Å². The van der Waals surface area contributed by atoms with Gasteiger partial charge in [-0.1, -0.05) is 121 Å². The van der Waals surface area contributed by atoms with Gasteiger partial charge in [0.15, 0.2) is 0 Å². The predicted molar refractivity (Wildman–Crippen MR) is 269 cm³/mol. The van der Waals surface area contributed by atoms with Crippen LogP contribution in [0.15, 0.2) is 237 Å². The van der Waals surface area contributed by atoms with E-state index in [1.54, 1.807) is 0 Å². The first-order chi connectivity index (χ1) is 32.2. The van der Waals surface area contributed by atoms with Gasteiger partial charge in [0.05, 0.1) is 33.1 Å². The van der Waals surface area contributed by atoms with Crippen LogP contribution in [-0.2, 0) is 0 Å². The van der Waals surface area contributed by atoms with Gasteiger partial charge in [-0.3, -0.25) is 9.55 Å². The second-order valence-corrected chi connectivity index (χ2v) is 16.7. The minimum Gasteiger partial charge on any atom is -0.309 e. The fraction of sp³-hybridized carbons (Fsp3) is 0. The molecule has 0 saturated carbocycles. The Hall–Kier alpha value is -8.80. The van der Waals surface area contributed by atoms with Crippen molar-refractivity contribution in [3.05, 3.63) is 237 Å². The summed E-state index contributed by atoms with van der Waals surface area (Å²) < 4.78 is 7.06. The van der Waals surface area contributed by atoms with E-state index in [9.17, 15) is 0 Å². The van der Waals surface area contributed by atoms with E-state index in [0.29, 0.717) is 0 Å². The summed E-state index contributed by atoms with van der Waals surface area (Å²) in [5.41, 5.74) is 18.2. The van der Waals surface area contributed by atoms with Crippen molar-refractivity contribution in [1.29, 1.82) is 0 Å². The van der Waals surface area contributed by atoms with Gasteiger partial charge in [-0.15, -0.1) is 0 Å². The number of benzene rings is 9. The fourth-order valence-corrected chi connectivity index (χ4v) is 9.91. The lowest BCUT2D eigenvalue weighted by Crippen LogP contribution is -1.99. The van der Waals surface area contributed by atoms with Crippen molar-refractivity contribution in [3.63, 3.8) is 0 Å². The Kier molecular flexibility index (Phi) is 8.46. The summed E-state index contributed by atoms with van der Waals surface area (Å²) in [7, 11) is 0. The molecule has 0 N–H and O–H groups in total.